The number of amidine groups is 1. The molecule has 0 saturated carbocycles. The largest absolute Gasteiger partial charge is 0.409 e. The number of nitrogens with zero attached hydrogens (tertiary/aromatic N) is 2. The van der Waals surface area contributed by atoms with Crippen LogP contribution in [0, 0.1) is 0 Å². The average molecular weight is 227 g/mol. The molecule has 0 aliphatic heterocycles. The molecule has 1 rings (SSSR count). The second-order valence-corrected chi connectivity index (χ2v) is 4.50. The van der Waals surface area contributed by atoms with Crippen LogP contribution in [0.4, 0.5) is 0 Å². The summed E-state index contributed by atoms with van der Waals surface area (Å²) in [4.78, 5) is 2.15. The lowest BCUT2D eigenvalue weighted by atomic mass is 10.2. The van der Waals surface area contributed by atoms with Gasteiger partial charge in [0, 0.05) is 12.6 Å². The van der Waals surface area contributed by atoms with Crippen LogP contribution >= 0.6 is 11.3 Å². The molecule has 0 bridgehead atoms. The first-order valence-electron chi connectivity index (χ1n) is 4.85. The molecule has 84 valence electrons. The van der Waals surface area contributed by atoms with E-state index in [-0.39, 0.29) is 5.84 Å². The third-order valence-corrected chi connectivity index (χ3v) is 2.92. The van der Waals surface area contributed by atoms with Crippen LogP contribution in [-0.2, 0) is 6.54 Å². The first kappa shape index (κ1) is 12.0. The number of hydrogen-bond donors (Lipinski definition) is 2. The number of oxime groups is 1. The molecule has 0 fully saturated rings. The van der Waals surface area contributed by atoms with Crippen LogP contribution in [0.15, 0.2) is 22.0 Å². The summed E-state index contributed by atoms with van der Waals surface area (Å²) in [7, 11) is 0. The van der Waals surface area contributed by atoms with Crippen molar-refractivity contribution in [2.45, 2.75) is 26.4 Å². The Hall–Kier alpha value is -1.07. The smallest absolute Gasteiger partial charge is 0.153 e. The van der Waals surface area contributed by atoms with E-state index in [1.165, 1.54) is 5.56 Å². The van der Waals surface area contributed by atoms with E-state index in [0.717, 1.165) is 6.54 Å². The van der Waals surface area contributed by atoms with Crippen molar-refractivity contribution in [3.05, 3.63) is 22.4 Å². The predicted molar refractivity (Wildman–Crippen MR) is 63.3 cm³/mol. The highest BCUT2D eigenvalue weighted by atomic mass is 32.1. The molecule has 0 atom stereocenters. The van der Waals surface area contributed by atoms with Crippen LogP contribution in [0.2, 0.25) is 0 Å². The van der Waals surface area contributed by atoms with E-state index in [2.05, 4.69) is 40.7 Å². The molecule has 0 aliphatic rings. The van der Waals surface area contributed by atoms with Gasteiger partial charge in [-0.05, 0) is 36.2 Å². The second kappa shape index (κ2) is 5.72. The zero-order chi connectivity index (χ0) is 11.3. The molecule has 0 unspecified atom stereocenters. The van der Waals surface area contributed by atoms with Gasteiger partial charge in [0.25, 0.3) is 0 Å². The molecule has 1 aromatic rings. The lowest BCUT2D eigenvalue weighted by Crippen LogP contribution is -2.38. The number of rotatable bonds is 5. The van der Waals surface area contributed by atoms with Gasteiger partial charge in [0.15, 0.2) is 5.84 Å². The van der Waals surface area contributed by atoms with Gasteiger partial charge < -0.3 is 10.9 Å². The van der Waals surface area contributed by atoms with Crippen LogP contribution in [0.1, 0.15) is 19.4 Å². The minimum atomic E-state index is 0.249. The van der Waals surface area contributed by atoms with Crippen molar-refractivity contribution in [1.82, 2.24) is 4.90 Å². The van der Waals surface area contributed by atoms with E-state index in [9.17, 15) is 0 Å². The molecule has 1 aromatic heterocycles. The van der Waals surface area contributed by atoms with Crippen molar-refractivity contribution < 1.29 is 5.21 Å². The fourth-order valence-corrected chi connectivity index (χ4v) is 1.94. The van der Waals surface area contributed by atoms with Crippen LogP contribution in [-0.4, -0.2) is 28.5 Å². The fourth-order valence-electron chi connectivity index (χ4n) is 1.28. The SMILES string of the molecule is CC(C)N(CC(N)=NO)Cc1ccsc1. The molecule has 15 heavy (non-hydrogen) atoms. The van der Waals surface area contributed by atoms with Crippen molar-refractivity contribution >= 4 is 17.2 Å². The predicted octanol–water partition coefficient (Wildman–Crippen LogP) is 1.70. The molecule has 0 aromatic carbocycles. The zero-order valence-electron chi connectivity index (χ0n) is 9.05. The zero-order valence-corrected chi connectivity index (χ0v) is 9.87. The Morgan fingerprint density at radius 1 is 1.67 bits per heavy atom. The number of thiophene rings is 1. The maximum absolute atomic E-state index is 8.53. The van der Waals surface area contributed by atoms with Crippen molar-refractivity contribution in [2.24, 2.45) is 10.9 Å². The molecule has 0 spiro atoms. The third kappa shape index (κ3) is 3.89. The summed E-state index contributed by atoms with van der Waals surface area (Å²) >= 11 is 1.68. The normalized spacial score (nSPS) is 12.7. The highest BCUT2D eigenvalue weighted by Gasteiger charge is 2.12. The van der Waals surface area contributed by atoms with Crippen molar-refractivity contribution in [3.63, 3.8) is 0 Å². The molecule has 1 heterocycles. The molecule has 5 heteroatoms. The Balaban J connectivity index is 2.59. The van der Waals surface area contributed by atoms with E-state index < -0.39 is 0 Å². The summed E-state index contributed by atoms with van der Waals surface area (Å²) in [6, 6.07) is 2.46. The van der Waals surface area contributed by atoms with Crippen molar-refractivity contribution in [1.29, 1.82) is 0 Å². The van der Waals surface area contributed by atoms with Crippen LogP contribution in [0.3, 0.4) is 0 Å². The third-order valence-electron chi connectivity index (χ3n) is 2.19. The molecule has 4 nitrogen and oxygen atoms in total. The van der Waals surface area contributed by atoms with Gasteiger partial charge in [-0.1, -0.05) is 5.16 Å². The van der Waals surface area contributed by atoms with E-state index in [0.29, 0.717) is 12.6 Å². The van der Waals surface area contributed by atoms with E-state index in [1.807, 2.05) is 0 Å². The number of hydrogen-bond acceptors (Lipinski definition) is 4. The lowest BCUT2D eigenvalue weighted by molar-refractivity contribution is 0.239. The fraction of sp³-hybridized carbons (Fsp3) is 0.500. The van der Waals surface area contributed by atoms with Gasteiger partial charge in [0.2, 0.25) is 0 Å². The first-order valence-corrected chi connectivity index (χ1v) is 5.79. The molecule has 0 aliphatic carbocycles. The van der Waals surface area contributed by atoms with Crippen molar-refractivity contribution in [3.8, 4) is 0 Å². The standard InChI is InChI=1S/C10H17N3OS/c1-8(2)13(6-10(11)12-14)5-9-3-4-15-7-9/h3-4,7-8,14H,5-6H2,1-2H3,(H2,11,12). The summed E-state index contributed by atoms with van der Waals surface area (Å²) < 4.78 is 0. The maximum atomic E-state index is 8.53. The Labute approximate surface area is 94.0 Å². The molecule has 0 radical (unpaired) electrons. The van der Waals surface area contributed by atoms with Crippen molar-refractivity contribution in [2.75, 3.05) is 6.54 Å². The second-order valence-electron chi connectivity index (χ2n) is 3.72. The van der Waals surface area contributed by atoms with Crippen LogP contribution < -0.4 is 5.73 Å². The molecule has 3 N–H and O–H groups in total. The highest BCUT2D eigenvalue weighted by Crippen LogP contribution is 2.11. The van der Waals surface area contributed by atoms with Gasteiger partial charge in [-0.15, -0.1) is 0 Å². The van der Waals surface area contributed by atoms with Gasteiger partial charge >= 0.3 is 0 Å². The van der Waals surface area contributed by atoms with Gasteiger partial charge in [0.1, 0.15) is 0 Å². The summed E-state index contributed by atoms with van der Waals surface area (Å²) in [5, 5.41) is 15.7. The van der Waals surface area contributed by atoms with E-state index in [4.69, 9.17) is 10.9 Å². The average Bonchev–Trinajstić information content (AvgIpc) is 2.69. The summed E-state index contributed by atoms with van der Waals surface area (Å²) in [6.45, 7) is 5.51. The Kier molecular flexibility index (Phi) is 4.58. The van der Waals surface area contributed by atoms with Gasteiger partial charge in [-0.2, -0.15) is 11.3 Å². The van der Waals surface area contributed by atoms with E-state index in [1.54, 1.807) is 11.3 Å². The summed E-state index contributed by atoms with van der Waals surface area (Å²) in [5.41, 5.74) is 6.76. The Morgan fingerprint density at radius 2 is 2.40 bits per heavy atom. The maximum Gasteiger partial charge on any atom is 0.153 e. The van der Waals surface area contributed by atoms with Gasteiger partial charge in [0.05, 0.1) is 6.54 Å². The van der Waals surface area contributed by atoms with Crippen LogP contribution in [0.25, 0.3) is 0 Å². The Morgan fingerprint density at radius 3 is 2.87 bits per heavy atom. The summed E-state index contributed by atoms with van der Waals surface area (Å²) in [5.74, 6) is 0.249. The monoisotopic (exact) mass is 227 g/mol. The molecular formula is C10H17N3OS. The van der Waals surface area contributed by atoms with Crippen LogP contribution in [0.5, 0.6) is 0 Å². The quantitative estimate of drug-likeness (QED) is 0.348. The topological polar surface area (TPSA) is 61.8 Å². The van der Waals surface area contributed by atoms with E-state index >= 15 is 0 Å². The first-order chi connectivity index (χ1) is 7.13. The minimum Gasteiger partial charge on any atom is -0.409 e. The molecular weight excluding hydrogens is 210 g/mol. The lowest BCUT2D eigenvalue weighted by Gasteiger charge is -2.25. The molecule has 0 saturated heterocycles. The minimum absolute atomic E-state index is 0.249. The number of nitrogens with two attached hydrogens (primary N) is 1. The Bertz CT molecular complexity index is 308. The highest BCUT2D eigenvalue weighted by molar-refractivity contribution is 7.07. The molecule has 0 amide bonds. The van der Waals surface area contributed by atoms with Gasteiger partial charge in [-0.3, -0.25) is 4.90 Å². The summed E-state index contributed by atoms with van der Waals surface area (Å²) in [6.07, 6.45) is 0. The van der Waals surface area contributed by atoms with Gasteiger partial charge in [-0.25, -0.2) is 0 Å².